The van der Waals surface area contributed by atoms with Crippen LogP contribution in [0.25, 0.3) is 11.2 Å². The van der Waals surface area contributed by atoms with Gasteiger partial charge < -0.3 is 0 Å². The number of aromatic nitrogens is 3. The number of fused-ring (bicyclic) bond motifs is 1. The van der Waals surface area contributed by atoms with E-state index in [1.165, 1.54) is 16.4 Å². The Morgan fingerprint density at radius 2 is 1.90 bits per heavy atom. The fraction of sp³-hybridized carbons (Fsp3) is 0. The third kappa shape index (κ3) is 2.25. The van der Waals surface area contributed by atoms with Crippen molar-refractivity contribution in [2.45, 2.75) is 4.90 Å². The van der Waals surface area contributed by atoms with Gasteiger partial charge in [-0.15, -0.1) is 0 Å². The van der Waals surface area contributed by atoms with E-state index in [1.807, 2.05) is 22.6 Å². The summed E-state index contributed by atoms with van der Waals surface area (Å²) >= 11 is 5.28. The maximum atomic E-state index is 12.6. The molecule has 0 fully saturated rings. The molecular formula is C12H7BrIN3O2S. The number of rotatable bonds is 2. The van der Waals surface area contributed by atoms with Gasteiger partial charge >= 0.3 is 0 Å². The first kappa shape index (κ1) is 14.0. The highest BCUT2D eigenvalue weighted by molar-refractivity contribution is 14.1. The predicted molar refractivity (Wildman–Crippen MR) is 87.0 cm³/mol. The minimum atomic E-state index is -3.66. The summed E-state index contributed by atoms with van der Waals surface area (Å²) in [6.45, 7) is 0. The zero-order valence-corrected chi connectivity index (χ0v) is 14.4. The van der Waals surface area contributed by atoms with E-state index in [4.69, 9.17) is 0 Å². The molecule has 0 saturated carbocycles. The maximum Gasteiger partial charge on any atom is 0.269 e. The summed E-state index contributed by atoms with van der Waals surface area (Å²) in [6.07, 6.45) is 3.01. The van der Waals surface area contributed by atoms with Gasteiger partial charge in [-0.3, -0.25) is 0 Å². The van der Waals surface area contributed by atoms with Crippen molar-refractivity contribution in [2.24, 2.45) is 0 Å². The van der Waals surface area contributed by atoms with Crippen LogP contribution in [-0.2, 0) is 10.0 Å². The second kappa shape index (κ2) is 5.08. The van der Waals surface area contributed by atoms with Gasteiger partial charge in [-0.05, 0) is 50.7 Å². The number of halogens is 2. The molecule has 0 N–H and O–H groups in total. The Balaban J connectivity index is 2.31. The molecule has 0 saturated heterocycles. The van der Waals surface area contributed by atoms with Crippen molar-refractivity contribution in [1.29, 1.82) is 0 Å². The lowest BCUT2D eigenvalue weighted by Gasteiger charge is -2.06. The lowest BCUT2D eigenvalue weighted by Crippen LogP contribution is -2.12. The zero-order chi connectivity index (χ0) is 14.3. The van der Waals surface area contributed by atoms with Crippen LogP contribution in [0.1, 0.15) is 0 Å². The van der Waals surface area contributed by atoms with Crippen LogP contribution in [0.3, 0.4) is 0 Å². The number of hydrogen-bond acceptors (Lipinski definition) is 4. The van der Waals surface area contributed by atoms with Crippen LogP contribution >= 0.6 is 38.5 Å². The minimum Gasteiger partial charge on any atom is -0.235 e. The molecule has 0 aliphatic carbocycles. The Morgan fingerprint density at radius 3 is 2.60 bits per heavy atom. The second-order valence-electron chi connectivity index (χ2n) is 3.96. The maximum absolute atomic E-state index is 12.6. The SMILES string of the molecule is O=S(=O)(c1ccccc1)n1cc(I)c2nc(Br)cnc21. The molecule has 0 spiro atoms. The summed E-state index contributed by atoms with van der Waals surface area (Å²) in [4.78, 5) is 8.65. The smallest absolute Gasteiger partial charge is 0.235 e. The fourth-order valence-corrected chi connectivity index (χ4v) is 4.24. The monoisotopic (exact) mass is 463 g/mol. The summed E-state index contributed by atoms with van der Waals surface area (Å²) < 4.78 is 27.7. The molecular weight excluding hydrogens is 457 g/mol. The van der Waals surface area contributed by atoms with Crippen molar-refractivity contribution >= 4 is 59.7 Å². The average Bonchev–Trinajstić information content (AvgIpc) is 2.77. The van der Waals surface area contributed by atoms with Gasteiger partial charge in [0.15, 0.2) is 5.65 Å². The van der Waals surface area contributed by atoms with Crippen LogP contribution in [0.4, 0.5) is 0 Å². The molecule has 0 bridgehead atoms. The van der Waals surface area contributed by atoms with Crippen molar-refractivity contribution in [1.82, 2.24) is 13.9 Å². The molecule has 3 rings (SSSR count). The Hall–Kier alpha value is -1.00. The van der Waals surface area contributed by atoms with E-state index < -0.39 is 10.0 Å². The molecule has 0 unspecified atom stereocenters. The van der Waals surface area contributed by atoms with Gasteiger partial charge in [0.05, 0.1) is 14.7 Å². The van der Waals surface area contributed by atoms with Gasteiger partial charge in [-0.2, -0.15) is 0 Å². The van der Waals surface area contributed by atoms with Gasteiger partial charge in [0.25, 0.3) is 10.0 Å². The van der Waals surface area contributed by atoms with Gasteiger partial charge in [-0.25, -0.2) is 22.4 Å². The molecule has 1 aromatic carbocycles. The molecule has 5 nitrogen and oxygen atoms in total. The molecule has 0 amide bonds. The van der Waals surface area contributed by atoms with Crippen LogP contribution in [0.2, 0.25) is 0 Å². The number of hydrogen-bond donors (Lipinski definition) is 0. The summed E-state index contributed by atoms with van der Waals surface area (Å²) in [5.41, 5.74) is 0.876. The first-order chi connectivity index (χ1) is 9.50. The van der Waals surface area contributed by atoms with Gasteiger partial charge in [-0.1, -0.05) is 18.2 Å². The van der Waals surface area contributed by atoms with E-state index in [-0.39, 0.29) is 4.90 Å². The summed E-state index contributed by atoms with van der Waals surface area (Å²) in [6, 6.07) is 8.26. The molecule has 3 aromatic rings. The third-order valence-electron chi connectivity index (χ3n) is 2.69. The Bertz CT molecular complexity index is 894. The van der Waals surface area contributed by atoms with Crippen molar-refractivity contribution < 1.29 is 8.42 Å². The first-order valence-corrected chi connectivity index (χ1v) is 8.81. The lowest BCUT2D eigenvalue weighted by atomic mass is 10.4. The minimum absolute atomic E-state index is 0.220. The third-order valence-corrected chi connectivity index (χ3v) is 5.53. The Labute approximate surface area is 137 Å². The van der Waals surface area contributed by atoms with E-state index in [0.29, 0.717) is 15.8 Å². The molecule has 0 aliphatic rings. The first-order valence-electron chi connectivity index (χ1n) is 5.50. The summed E-state index contributed by atoms with van der Waals surface area (Å²) in [5.74, 6) is 0. The normalized spacial score (nSPS) is 11.9. The Morgan fingerprint density at radius 1 is 1.20 bits per heavy atom. The van der Waals surface area contributed by atoms with Crippen LogP contribution in [0.5, 0.6) is 0 Å². The van der Waals surface area contributed by atoms with E-state index in [9.17, 15) is 8.42 Å². The molecule has 102 valence electrons. The van der Waals surface area contributed by atoms with Crippen molar-refractivity contribution in [3.05, 3.63) is 50.9 Å². The molecule has 2 heterocycles. The topological polar surface area (TPSA) is 64.8 Å². The molecule has 8 heteroatoms. The molecule has 2 aromatic heterocycles. The largest absolute Gasteiger partial charge is 0.269 e. The predicted octanol–water partition coefficient (Wildman–Crippen LogP) is 3.04. The van der Waals surface area contributed by atoms with Crippen LogP contribution in [0.15, 0.2) is 52.2 Å². The van der Waals surface area contributed by atoms with Gasteiger partial charge in [0.1, 0.15) is 10.1 Å². The van der Waals surface area contributed by atoms with Crippen molar-refractivity contribution in [2.75, 3.05) is 0 Å². The average molecular weight is 464 g/mol. The standard InChI is InChI=1S/C12H7BrIN3O2S/c13-10-6-15-12-11(16-10)9(14)7-17(12)20(18,19)8-4-2-1-3-5-8/h1-7H. The second-order valence-corrected chi connectivity index (χ2v) is 7.75. The van der Waals surface area contributed by atoms with Gasteiger partial charge in [0.2, 0.25) is 0 Å². The molecule has 0 radical (unpaired) electrons. The number of benzene rings is 1. The molecule has 20 heavy (non-hydrogen) atoms. The van der Waals surface area contributed by atoms with E-state index >= 15 is 0 Å². The molecule has 0 aliphatic heterocycles. The van der Waals surface area contributed by atoms with E-state index in [1.54, 1.807) is 30.3 Å². The zero-order valence-electron chi connectivity index (χ0n) is 9.86. The lowest BCUT2D eigenvalue weighted by molar-refractivity contribution is 0.588. The van der Waals surface area contributed by atoms with Crippen LogP contribution in [-0.4, -0.2) is 22.4 Å². The van der Waals surface area contributed by atoms with Crippen LogP contribution < -0.4 is 0 Å². The quantitative estimate of drug-likeness (QED) is 0.548. The van der Waals surface area contributed by atoms with Crippen LogP contribution in [0, 0.1) is 3.57 Å². The highest BCUT2D eigenvalue weighted by Gasteiger charge is 2.22. The van der Waals surface area contributed by atoms with Gasteiger partial charge in [0, 0.05) is 6.20 Å². The van der Waals surface area contributed by atoms with Crippen molar-refractivity contribution in [3.8, 4) is 0 Å². The van der Waals surface area contributed by atoms with E-state index in [0.717, 1.165) is 3.57 Å². The van der Waals surface area contributed by atoms with E-state index in [2.05, 4.69) is 25.9 Å². The molecule has 0 atom stereocenters. The highest BCUT2D eigenvalue weighted by Crippen LogP contribution is 2.25. The Kier molecular flexibility index (Phi) is 3.55. The summed E-state index contributed by atoms with van der Waals surface area (Å²) in [7, 11) is -3.66. The fourth-order valence-electron chi connectivity index (χ4n) is 1.80. The summed E-state index contributed by atoms with van der Waals surface area (Å²) in [5, 5.41) is 0. The number of nitrogens with zero attached hydrogens (tertiary/aromatic N) is 3. The highest BCUT2D eigenvalue weighted by atomic mass is 127. The van der Waals surface area contributed by atoms with Crippen molar-refractivity contribution in [3.63, 3.8) is 0 Å².